The predicted molar refractivity (Wildman–Crippen MR) is 101 cm³/mol. The number of hydrogen-bond acceptors (Lipinski definition) is 3. The van der Waals surface area contributed by atoms with Gasteiger partial charge in [-0.05, 0) is 41.0 Å². The number of fused-ring (bicyclic) bond motifs is 2. The summed E-state index contributed by atoms with van der Waals surface area (Å²) in [7, 11) is 1.50. The molecule has 0 aliphatic carbocycles. The first-order valence-corrected chi connectivity index (χ1v) is 9.62. The lowest BCUT2D eigenvalue weighted by Gasteiger charge is -2.43. The number of esters is 1. The Hall–Kier alpha value is -0.590. The molecule has 0 N–H and O–H groups in total. The fourth-order valence-electron chi connectivity index (χ4n) is 4.27. The van der Waals surface area contributed by atoms with Gasteiger partial charge < -0.3 is 4.74 Å². The molecule has 2 heterocycles. The second-order valence-corrected chi connectivity index (χ2v) is 7.46. The molecule has 2 bridgehead atoms. The molecule has 3 nitrogen and oxygen atoms in total. The van der Waals surface area contributed by atoms with Crippen LogP contribution in [0.15, 0.2) is 34.4 Å². The Morgan fingerprint density at radius 3 is 2.78 bits per heavy atom. The van der Waals surface area contributed by atoms with Crippen LogP contribution in [-0.2, 0) is 9.53 Å². The molecule has 23 heavy (non-hydrogen) atoms. The van der Waals surface area contributed by atoms with Gasteiger partial charge in [-0.25, -0.2) is 0 Å². The van der Waals surface area contributed by atoms with E-state index >= 15 is 0 Å². The van der Waals surface area contributed by atoms with Gasteiger partial charge >= 0.3 is 5.97 Å². The number of methoxy groups -OCH3 is 1. The Balaban J connectivity index is 1.91. The van der Waals surface area contributed by atoms with Crippen LogP contribution in [0.25, 0.3) is 0 Å². The first-order valence-electron chi connectivity index (χ1n) is 8.00. The molecule has 1 aromatic carbocycles. The molecule has 0 amide bonds. The second kappa shape index (κ2) is 7.53. The van der Waals surface area contributed by atoms with Gasteiger partial charge in [-0.3, -0.25) is 9.69 Å². The van der Waals surface area contributed by atoms with Gasteiger partial charge in [-0.1, -0.05) is 52.4 Å². The molecule has 5 heteroatoms. The third-order valence-electron chi connectivity index (χ3n) is 5.24. The molecule has 2 aliphatic rings. The van der Waals surface area contributed by atoms with Crippen LogP contribution < -0.4 is 0 Å². The number of ether oxygens (including phenoxy) is 1. The summed E-state index contributed by atoms with van der Waals surface area (Å²) in [5.74, 6) is 0.0401. The van der Waals surface area contributed by atoms with Crippen LogP contribution in [0.3, 0.4) is 0 Å². The van der Waals surface area contributed by atoms with E-state index in [1.165, 1.54) is 12.7 Å². The fourth-order valence-corrected chi connectivity index (χ4v) is 4.62. The number of carbonyl (C=O) groups excluding carboxylic acids is 1. The summed E-state index contributed by atoms with van der Waals surface area (Å²) in [6.07, 6.45) is 5.41. The summed E-state index contributed by atoms with van der Waals surface area (Å²) < 4.78 is 7.21. The van der Waals surface area contributed by atoms with Gasteiger partial charge in [0.25, 0.3) is 0 Å². The number of carbonyl (C=O) groups is 1. The van der Waals surface area contributed by atoms with E-state index in [-0.39, 0.29) is 23.8 Å². The van der Waals surface area contributed by atoms with Crippen LogP contribution in [0.4, 0.5) is 0 Å². The molecule has 2 aliphatic heterocycles. The van der Waals surface area contributed by atoms with E-state index in [2.05, 4.69) is 49.8 Å². The minimum absolute atomic E-state index is 0.0845. The number of halogens is 2. The maximum Gasteiger partial charge on any atom is 0.310 e. The van der Waals surface area contributed by atoms with Gasteiger partial charge in [-0.2, -0.15) is 0 Å². The molecule has 2 fully saturated rings. The first kappa shape index (κ1) is 17.2. The summed E-state index contributed by atoms with van der Waals surface area (Å²) in [6.45, 7) is 0.916. The lowest BCUT2D eigenvalue weighted by molar-refractivity contribution is -0.150. The van der Waals surface area contributed by atoms with E-state index in [0.717, 1.165) is 30.8 Å². The highest BCUT2D eigenvalue weighted by atomic mass is 123. The first-order chi connectivity index (χ1) is 11.2. The summed E-state index contributed by atoms with van der Waals surface area (Å²) in [5, 5.41) is 0.732. The Morgan fingerprint density at radius 2 is 2.13 bits per heavy atom. The van der Waals surface area contributed by atoms with Crippen molar-refractivity contribution in [2.75, 3.05) is 13.7 Å². The Labute approximate surface area is 156 Å². The summed E-state index contributed by atoms with van der Waals surface area (Å²) in [5.41, 5.74) is 1.20. The van der Waals surface area contributed by atoms with Crippen LogP contribution in [0.2, 0.25) is 5.02 Å². The lowest BCUT2D eigenvalue weighted by atomic mass is 9.76. The maximum atomic E-state index is 12.5. The van der Waals surface area contributed by atoms with E-state index in [4.69, 9.17) is 16.3 Å². The number of piperidine rings is 1. The maximum absolute atomic E-state index is 12.5. The van der Waals surface area contributed by atoms with Crippen molar-refractivity contribution in [1.29, 1.82) is 0 Å². The topological polar surface area (TPSA) is 29.5 Å². The highest BCUT2D eigenvalue weighted by Gasteiger charge is 2.50. The van der Waals surface area contributed by atoms with Crippen LogP contribution >= 0.6 is 34.2 Å². The van der Waals surface area contributed by atoms with Gasteiger partial charge in [0.15, 0.2) is 0 Å². The standard InChI is InChI=1S/C18H21ClINO2/c1-23-18(22)17-15(12-3-5-13(19)6-4-12)11-14-7-8-16(17)21(14)10-2-9-20/h2-6,9,14-17H,7-8,10-11H2,1H3/b9-2+/i20-4. The molecular weight excluding hydrogens is 421 g/mol. The molecule has 2 saturated heterocycles. The highest BCUT2D eigenvalue weighted by molar-refractivity contribution is 14.1. The second-order valence-electron chi connectivity index (χ2n) is 6.30. The van der Waals surface area contributed by atoms with Crippen LogP contribution in [0.1, 0.15) is 30.7 Å². The minimum atomic E-state index is -0.0949. The van der Waals surface area contributed by atoms with Gasteiger partial charge in [0.1, 0.15) is 0 Å². The molecule has 0 radical (unpaired) electrons. The quantitative estimate of drug-likeness (QED) is 0.512. The van der Waals surface area contributed by atoms with Crippen molar-refractivity contribution in [3.63, 3.8) is 0 Å². The monoisotopic (exact) mass is 441 g/mol. The smallest absolute Gasteiger partial charge is 0.310 e. The van der Waals surface area contributed by atoms with E-state index in [9.17, 15) is 4.79 Å². The molecule has 4 unspecified atom stereocenters. The number of rotatable bonds is 4. The number of nitrogens with zero attached hydrogens (tertiary/aromatic N) is 1. The Kier molecular flexibility index (Phi) is 5.65. The van der Waals surface area contributed by atoms with Gasteiger partial charge in [0.2, 0.25) is 0 Å². The third kappa shape index (κ3) is 3.44. The van der Waals surface area contributed by atoms with Crippen LogP contribution in [0.5, 0.6) is 0 Å². The van der Waals surface area contributed by atoms with Crippen molar-refractivity contribution >= 4 is 40.2 Å². The molecule has 0 saturated carbocycles. The largest absolute Gasteiger partial charge is 0.469 e. The molecule has 0 spiro atoms. The van der Waals surface area contributed by atoms with Crippen molar-refractivity contribution in [3.05, 3.63) is 45.0 Å². The lowest BCUT2D eigenvalue weighted by Crippen LogP contribution is -2.50. The third-order valence-corrected chi connectivity index (χ3v) is 6.00. The fraction of sp³-hybridized carbons (Fsp3) is 0.500. The van der Waals surface area contributed by atoms with Crippen molar-refractivity contribution < 1.29 is 9.53 Å². The number of hydrogen-bond donors (Lipinski definition) is 0. The van der Waals surface area contributed by atoms with E-state index in [1.807, 2.05) is 12.1 Å². The zero-order valence-electron chi connectivity index (χ0n) is 13.1. The van der Waals surface area contributed by atoms with Gasteiger partial charge in [0.05, 0.1) is 13.0 Å². The zero-order chi connectivity index (χ0) is 16.4. The number of benzene rings is 1. The highest BCUT2D eigenvalue weighted by Crippen LogP contribution is 2.47. The van der Waals surface area contributed by atoms with Crippen molar-refractivity contribution in [1.82, 2.24) is 4.90 Å². The van der Waals surface area contributed by atoms with E-state index in [1.54, 1.807) is 0 Å². The molecule has 124 valence electrons. The van der Waals surface area contributed by atoms with E-state index < -0.39 is 0 Å². The van der Waals surface area contributed by atoms with Crippen LogP contribution in [0, 0.1) is 5.92 Å². The summed E-state index contributed by atoms with van der Waals surface area (Å²) >= 11 is 8.27. The molecular formula is C18H21ClINO2. The Morgan fingerprint density at radius 1 is 1.39 bits per heavy atom. The Bertz CT molecular complexity index is 589. The molecule has 1 aromatic rings. The van der Waals surface area contributed by atoms with Crippen molar-refractivity contribution in [2.45, 2.75) is 37.3 Å². The SMILES string of the molecule is COC(=O)C1C(c2ccc(Cl)cc2)CC2CCC1N2C/C=C/[123I]. The van der Waals surface area contributed by atoms with Gasteiger partial charge in [0, 0.05) is 29.6 Å². The minimum Gasteiger partial charge on any atom is -0.469 e. The summed E-state index contributed by atoms with van der Waals surface area (Å²) in [6, 6.07) is 8.77. The average Bonchev–Trinajstić information content (AvgIpc) is 2.84. The van der Waals surface area contributed by atoms with Gasteiger partial charge in [-0.15, -0.1) is 0 Å². The average molecular weight is 442 g/mol. The predicted octanol–water partition coefficient (Wildman–Crippen LogP) is 4.40. The van der Waals surface area contributed by atoms with E-state index in [0.29, 0.717) is 6.04 Å². The zero-order valence-corrected chi connectivity index (χ0v) is 16.0. The van der Waals surface area contributed by atoms with Crippen molar-refractivity contribution in [3.8, 4) is 0 Å². The van der Waals surface area contributed by atoms with Crippen molar-refractivity contribution in [2.24, 2.45) is 5.92 Å². The summed E-state index contributed by atoms with van der Waals surface area (Å²) in [4.78, 5) is 15.0. The van der Waals surface area contributed by atoms with Crippen LogP contribution in [-0.4, -0.2) is 36.6 Å². The molecule has 4 atom stereocenters. The molecule has 3 rings (SSSR count). The molecule has 0 aromatic heterocycles. The normalized spacial score (nSPS) is 30.7.